The van der Waals surface area contributed by atoms with E-state index in [0.29, 0.717) is 22.1 Å². The highest BCUT2D eigenvalue weighted by molar-refractivity contribution is 8.13. The monoisotopic (exact) mass is 349 g/mol. The Morgan fingerprint density at radius 3 is 2.70 bits per heavy atom. The summed E-state index contributed by atoms with van der Waals surface area (Å²) in [5.41, 5.74) is 9.70. The van der Waals surface area contributed by atoms with E-state index in [1.165, 1.54) is 11.8 Å². The van der Waals surface area contributed by atoms with Gasteiger partial charge in [0.25, 0.3) is 5.91 Å². The molecule has 0 aliphatic rings. The number of methoxy groups -OCH3 is 1. The maximum absolute atomic E-state index is 11.9. The van der Waals surface area contributed by atoms with Crippen LogP contribution in [-0.4, -0.2) is 18.2 Å². The summed E-state index contributed by atoms with van der Waals surface area (Å²) < 4.78 is 5.04. The van der Waals surface area contributed by atoms with Gasteiger partial charge in [0.1, 0.15) is 5.75 Å². The molecule has 1 amide bonds. The Bertz CT molecular complexity index is 705. The van der Waals surface area contributed by atoms with Crippen LogP contribution < -0.4 is 15.9 Å². The third-order valence-corrected chi connectivity index (χ3v) is 4.00. The van der Waals surface area contributed by atoms with E-state index in [1.54, 1.807) is 31.4 Å². The number of benzene rings is 2. The molecule has 0 atom stereocenters. The average molecular weight is 350 g/mol. The molecular weight excluding hydrogens is 334 g/mol. The smallest absolute Gasteiger partial charge is 0.271 e. The number of hydrogen-bond acceptors (Lipinski definition) is 4. The number of nitrogens with two attached hydrogens (primary N) is 1. The Balaban J connectivity index is 1.86. The van der Waals surface area contributed by atoms with Gasteiger partial charge in [-0.2, -0.15) is 0 Å². The summed E-state index contributed by atoms with van der Waals surface area (Å²) in [6, 6.07) is 14.2. The summed E-state index contributed by atoms with van der Waals surface area (Å²) in [5.74, 6) is 0.967. The fourth-order valence-corrected chi connectivity index (χ4v) is 2.55. The van der Waals surface area contributed by atoms with Crippen molar-refractivity contribution in [2.24, 2.45) is 10.8 Å². The summed E-state index contributed by atoms with van der Waals surface area (Å²) in [6.45, 7) is 0. The second-order valence-corrected chi connectivity index (χ2v) is 5.97. The minimum Gasteiger partial charge on any atom is -0.497 e. The number of hydrazone groups is 1. The van der Waals surface area contributed by atoms with Gasteiger partial charge in [0.2, 0.25) is 0 Å². The Morgan fingerprint density at radius 2 is 2.04 bits per heavy atom. The molecule has 0 aliphatic carbocycles. The van der Waals surface area contributed by atoms with E-state index in [2.05, 4.69) is 10.5 Å². The van der Waals surface area contributed by atoms with Gasteiger partial charge in [-0.3, -0.25) is 4.79 Å². The van der Waals surface area contributed by atoms with Crippen LogP contribution in [0.5, 0.6) is 5.75 Å². The van der Waals surface area contributed by atoms with Gasteiger partial charge >= 0.3 is 0 Å². The average Bonchev–Trinajstić information content (AvgIpc) is 2.58. The van der Waals surface area contributed by atoms with Crippen LogP contribution in [0.4, 0.5) is 0 Å². The molecule has 23 heavy (non-hydrogen) atoms. The minimum atomic E-state index is -0.334. The van der Waals surface area contributed by atoms with Crippen molar-refractivity contribution in [1.29, 1.82) is 0 Å². The van der Waals surface area contributed by atoms with E-state index in [0.717, 1.165) is 5.56 Å². The predicted molar refractivity (Wildman–Crippen MR) is 94.8 cm³/mol. The van der Waals surface area contributed by atoms with Crippen LogP contribution in [0.25, 0.3) is 0 Å². The third kappa shape index (κ3) is 5.50. The number of rotatable bonds is 5. The topological polar surface area (TPSA) is 76.7 Å². The zero-order valence-corrected chi connectivity index (χ0v) is 14.0. The summed E-state index contributed by atoms with van der Waals surface area (Å²) in [5, 5.41) is 4.82. The first-order valence-electron chi connectivity index (χ1n) is 6.73. The van der Waals surface area contributed by atoms with Gasteiger partial charge in [0, 0.05) is 16.3 Å². The summed E-state index contributed by atoms with van der Waals surface area (Å²) in [6.07, 6.45) is 0. The molecule has 0 aromatic heterocycles. The number of ether oxygens (including phenoxy) is 1. The molecule has 120 valence electrons. The lowest BCUT2D eigenvalue weighted by molar-refractivity contribution is 0.0955. The molecule has 0 saturated heterocycles. The summed E-state index contributed by atoms with van der Waals surface area (Å²) >= 11 is 7.23. The van der Waals surface area contributed by atoms with Crippen molar-refractivity contribution in [2.45, 2.75) is 5.75 Å². The number of amidine groups is 1. The first kappa shape index (κ1) is 17.2. The second kappa shape index (κ2) is 8.45. The fourth-order valence-electron chi connectivity index (χ4n) is 1.73. The minimum absolute atomic E-state index is 0.270. The summed E-state index contributed by atoms with van der Waals surface area (Å²) in [7, 11) is 1.57. The standard InChI is InChI=1S/C16H16ClN3O2S/c1-22-14-7-5-12(6-8-14)15(21)19-20-16(18)23-10-11-3-2-4-13(17)9-11/h2-9H,10H2,1H3,(H2,18,20)(H,19,21). The van der Waals surface area contributed by atoms with Gasteiger partial charge in [-0.05, 0) is 42.0 Å². The van der Waals surface area contributed by atoms with Crippen LogP contribution in [0.2, 0.25) is 5.02 Å². The first-order valence-corrected chi connectivity index (χ1v) is 8.09. The second-order valence-electron chi connectivity index (χ2n) is 4.54. The maximum atomic E-state index is 11.9. The molecule has 2 aromatic rings. The van der Waals surface area contributed by atoms with Crippen LogP contribution in [0.1, 0.15) is 15.9 Å². The highest BCUT2D eigenvalue weighted by atomic mass is 35.5. The number of thioether (sulfide) groups is 1. The van der Waals surface area contributed by atoms with E-state index in [1.807, 2.05) is 24.3 Å². The van der Waals surface area contributed by atoms with E-state index in [4.69, 9.17) is 22.1 Å². The van der Waals surface area contributed by atoms with Gasteiger partial charge in [-0.1, -0.05) is 35.5 Å². The van der Waals surface area contributed by atoms with E-state index in [9.17, 15) is 4.79 Å². The van der Waals surface area contributed by atoms with E-state index in [-0.39, 0.29) is 11.1 Å². The number of halogens is 1. The van der Waals surface area contributed by atoms with Gasteiger partial charge in [-0.15, -0.1) is 5.10 Å². The molecule has 0 fully saturated rings. The zero-order valence-electron chi connectivity index (χ0n) is 12.5. The fraction of sp³-hybridized carbons (Fsp3) is 0.125. The maximum Gasteiger partial charge on any atom is 0.271 e. The molecule has 0 saturated carbocycles. The van der Waals surface area contributed by atoms with Crippen molar-refractivity contribution in [1.82, 2.24) is 5.43 Å². The molecule has 0 spiro atoms. The van der Waals surface area contributed by atoms with E-state index < -0.39 is 0 Å². The lowest BCUT2D eigenvalue weighted by atomic mass is 10.2. The van der Waals surface area contributed by atoms with E-state index >= 15 is 0 Å². The third-order valence-electron chi connectivity index (χ3n) is 2.90. The van der Waals surface area contributed by atoms with Crippen molar-refractivity contribution in [3.8, 4) is 5.75 Å². The van der Waals surface area contributed by atoms with Crippen molar-refractivity contribution >= 4 is 34.4 Å². The SMILES string of the molecule is COc1ccc(C(=O)N/N=C(\N)SCc2cccc(Cl)c2)cc1. The number of carbonyl (C=O) groups excluding carboxylic acids is 1. The molecule has 3 N–H and O–H groups in total. The van der Waals surface area contributed by atoms with Crippen LogP contribution in [0.3, 0.4) is 0 Å². The normalized spacial score (nSPS) is 11.1. The van der Waals surface area contributed by atoms with Crippen molar-refractivity contribution < 1.29 is 9.53 Å². The lowest BCUT2D eigenvalue weighted by Crippen LogP contribution is -2.21. The molecular formula is C16H16ClN3O2S. The number of nitrogens with zero attached hydrogens (tertiary/aromatic N) is 1. The molecule has 0 heterocycles. The Morgan fingerprint density at radius 1 is 1.30 bits per heavy atom. The van der Waals surface area contributed by atoms with Gasteiger partial charge < -0.3 is 10.5 Å². The van der Waals surface area contributed by atoms with Crippen molar-refractivity contribution in [2.75, 3.05) is 7.11 Å². The molecule has 0 aliphatic heterocycles. The van der Waals surface area contributed by atoms with Gasteiger partial charge in [-0.25, -0.2) is 5.43 Å². The predicted octanol–water partition coefficient (Wildman–Crippen LogP) is 3.24. The Hall–Kier alpha value is -2.18. The number of carbonyl (C=O) groups is 1. The lowest BCUT2D eigenvalue weighted by Gasteiger charge is -2.04. The number of hydrogen-bond donors (Lipinski definition) is 2. The van der Waals surface area contributed by atoms with Crippen LogP contribution >= 0.6 is 23.4 Å². The van der Waals surface area contributed by atoms with Gasteiger partial charge in [0.05, 0.1) is 7.11 Å². The first-order chi connectivity index (χ1) is 11.1. The molecule has 5 nitrogen and oxygen atoms in total. The molecule has 2 aromatic carbocycles. The van der Waals surface area contributed by atoms with Crippen LogP contribution in [0.15, 0.2) is 53.6 Å². The van der Waals surface area contributed by atoms with Crippen molar-refractivity contribution in [3.63, 3.8) is 0 Å². The highest BCUT2D eigenvalue weighted by Crippen LogP contribution is 2.16. The largest absolute Gasteiger partial charge is 0.497 e. The Labute approximate surface area is 143 Å². The molecule has 2 rings (SSSR count). The van der Waals surface area contributed by atoms with Crippen LogP contribution in [-0.2, 0) is 5.75 Å². The molecule has 7 heteroatoms. The molecule has 0 unspecified atom stereocenters. The quantitative estimate of drug-likeness (QED) is 0.493. The summed E-state index contributed by atoms with van der Waals surface area (Å²) in [4.78, 5) is 11.9. The number of nitrogens with one attached hydrogen (secondary N) is 1. The van der Waals surface area contributed by atoms with Crippen molar-refractivity contribution in [3.05, 3.63) is 64.7 Å². The Kier molecular flexibility index (Phi) is 6.31. The van der Waals surface area contributed by atoms with Gasteiger partial charge in [0.15, 0.2) is 5.17 Å². The van der Waals surface area contributed by atoms with Crippen LogP contribution in [0, 0.1) is 0 Å². The zero-order chi connectivity index (χ0) is 16.7. The molecule has 0 radical (unpaired) electrons. The number of amides is 1. The highest BCUT2D eigenvalue weighted by Gasteiger charge is 2.05. The molecule has 0 bridgehead atoms.